The fourth-order valence-electron chi connectivity index (χ4n) is 2.54. The van der Waals surface area contributed by atoms with Crippen LogP contribution in [0.25, 0.3) is 0 Å². The number of rotatable bonds is 3. The van der Waals surface area contributed by atoms with E-state index in [0.29, 0.717) is 19.0 Å². The molecule has 2 aromatic rings. The van der Waals surface area contributed by atoms with E-state index >= 15 is 0 Å². The van der Waals surface area contributed by atoms with Crippen molar-refractivity contribution in [1.29, 1.82) is 0 Å². The minimum absolute atomic E-state index is 0.179. The largest absolute Gasteiger partial charge is 0.469 e. The maximum absolute atomic E-state index is 12.6. The van der Waals surface area contributed by atoms with E-state index in [1.165, 1.54) is 35.6 Å². The van der Waals surface area contributed by atoms with Crippen molar-refractivity contribution in [2.24, 2.45) is 0 Å². The van der Waals surface area contributed by atoms with E-state index in [1.54, 1.807) is 0 Å². The minimum Gasteiger partial charge on any atom is -0.469 e. The van der Waals surface area contributed by atoms with Gasteiger partial charge in [0, 0.05) is 24.5 Å². The van der Waals surface area contributed by atoms with E-state index in [2.05, 4.69) is 9.97 Å². The third-order valence-electron chi connectivity index (χ3n) is 3.81. The van der Waals surface area contributed by atoms with Crippen LogP contribution in [0.4, 0.5) is 13.2 Å². The maximum Gasteiger partial charge on any atom is 0.416 e. The number of aromatic nitrogens is 2. The molecule has 0 saturated carbocycles. The molecular weight excluding hydrogens is 351 g/mol. The molecule has 1 aromatic heterocycles. The Balaban J connectivity index is 1.69. The fourth-order valence-corrected chi connectivity index (χ4v) is 2.54. The average Bonchev–Trinajstić information content (AvgIpc) is 2.87. The number of amides is 1. The molecule has 26 heavy (non-hydrogen) atoms. The van der Waals surface area contributed by atoms with Crippen LogP contribution in [0, 0.1) is 0 Å². The van der Waals surface area contributed by atoms with Crippen LogP contribution in [0.2, 0.25) is 0 Å². The lowest BCUT2D eigenvalue weighted by Crippen LogP contribution is -2.40. The topological polar surface area (TPSA) is 64.6 Å². The summed E-state index contributed by atoms with van der Waals surface area (Å²) in [5, 5.41) is 0. The van der Waals surface area contributed by atoms with Gasteiger partial charge in [-0.05, 0) is 24.3 Å². The summed E-state index contributed by atoms with van der Waals surface area (Å²) in [6, 6.07) is 4.15. The van der Waals surface area contributed by atoms with E-state index in [4.69, 9.17) is 9.47 Å². The van der Waals surface area contributed by atoms with Crippen molar-refractivity contribution in [2.75, 3.05) is 26.3 Å². The molecule has 0 bridgehead atoms. The maximum atomic E-state index is 12.6. The van der Waals surface area contributed by atoms with Gasteiger partial charge in [-0.25, -0.2) is 4.98 Å². The summed E-state index contributed by atoms with van der Waals surface area (Å²) in [4.78, 5) is 22.0. The van der Waals surface area contributed by atoms with Crippen LogP contribution in [0.15, 0.2) is 42.9 Å². The molecule has 1 atom stereocenters. The van der Waals surface area contributed by atoms with Gasteiger partial charge in [0.2, 0.25) is 5.88 Å². The zero-order valence-corrected chi connectivity index (χ0v) is 13.6. The number of benzene rings is 1. The van der Waals surface area contributed by atoms with E-state index in [9.17, 15) is 18.0 Å². The first-order valence-electron chi connectivity index (χ1n) is 7.90. The summed E-state index contributed by atoms with van der Waals surface area (Å²) in [5.74, 6) is -0.0677. The average molecular weight is 367 g/mol. The van der Waals surface area contributed by atoms with Gasteiger partial charge in [0.15, 0.2) is 0 Å². The predicted octanol–water partition coefficient (Wildman–Crippen LogP) is 2.42. The number of nitrogens with zero attached hydrogens (tertiary/aromatic N) is 3. The summed E-state index contributed by atoms with van der Waals surface area (Å²) in [6.45, 7) is 1.14. The van der Waals surface area contributed by atoms with Gasteiger partial charge in [0.25, 0.3) is 5.91 Å². The van der Waals surface area contributed by atoms with Crippen LogP contribution in [0.1, 0.15) is 15.9 Å². The SMILES string of the molecule is O=C(c1ccc(C(F)(F)F)cc1)N1CCOC[C@H](Oc2cnccn2)C1. The number of hydrogen-bond donors (Lipinski definition) is 0. The quantitative estimate of drug-likeness (QED) is 0.834. The first-order chi connectivity index (χ1) is 12.4. The molecule has 9 heteroatoms. The molecule has 1 amide bonds. The minimum atomic E-state index is -4.44. The van der Waals surface area contributed by atoms with Gasteiger partial charge in [-0.2, -0.15) is 13.2 Å². The smallest absolute Gasteiger partial charge is 0.416 e. The van der Waals surface area contributed by atoms with E-state index in [1.807, 2.05) is 0 Å². The molecule has 0 aliphatic carbocycles. The third kappa shape index (κ3) is 4.48. The fraction of sp³-hybridized carbons (Fsp3) is 0.353. The highest BCUT2D eigenvalue weighted by Crippen LogP contribution is 2.29. The molecule has 1 aliphatic heterocycles. The summed E-state index contributed by atoms with van der Waals surface area (Å²) in [7, 11) is 0. The molecule has 1 saturated heterocycles. The molecule has 6 nitrogen and oxygen atoms in total. The first-order valence-corrected chi connectivity index (χ1v) is 7.90. The standard InChI is InChI=1S/C17H16F3N3O3/c18-17(19,20)13-3-1-12(2-4-13)16(24)23-7-8-25-11-14(10-23)26-15-9-21-5-6-22-15/h1-6,9,14H,7-8,10-11H2/t14-/m1/s1. The number of halogens is 3. The lowest BCUT2D eigenvalue weighted by Gasteiger charge is -2.24. The van der Waals surface area contributed by atoms with Crippen molar-refractivity contribution in [1.82, 2.24) is 14.9 Å². The normalized spacial score (nSPS) is 18.3. The third-order valence-corrected chi connectivity index (χ3v) is 3.81. The number of carbonyl (C=O) groups excluding carboxylic acids is 1. The molecule has 0 spiro atoms. The molecule has 138 valence electrons. The Morgan fingerprint density at radius 1 is 1.23 bits per heavy atom. The lowest BCUT2D eigenvalue weighted by atomic mass is 10.1. The van der Waals surface area contributed by atoms with Gasteiger partial charge in [-0.3, -0.25) is 9.78 Å². The second-order valence-corrected chi connectivity index (χ2v) is 5.68. The molecule has 3 rings (SSSR count). The van der Waals surface area contributed by atoms with Gasteiger partial charge < -0.3 is 14.4 Å². The molecular formula is C17H16F3N3O3. The lowest BCUT2D eigenvalue weighted by molar-refractivity contribution is -0.137. The highest BCUT2D eigenvalue weighted by atomic mass is 19.4. The van der Waals surface area contributed by atoms with Crippen LogP contribution in [-0.2, 0) is 10.9 Å². The number of carbonyl (C=O) groups is 1. The Bertz CT molecular complexity index is 738. The van der Waals surface area contributed by atoms with Crippen LogP contribution in [0.5, 0.6) is 5.88 Å². The highest BCUT2D eigenvalue weighted by Gasteiger charge is 2.31. The molecule has 0 unspecified atom stereocenters. The van der Waals surface area contributed by atoms with Gasteiger partial charge in [-0.1, -0.05) is 0 Å². The second-order valence-electron chi connectivity index (χ2n) is 5.68. The number of ether oxygens (including phenoxy) is 2. The van der Waals surface area contributed by atoms with Gasteiger partial charge in [0.05, 0.1) is 31.5 Å². The van der Waals surface area contributed by atoms with Gasteiger partial charge in [-0.15, -0.1) is 0 Å². The van der Waals surface area contributed by atoms with Crippen LogP contribution in [0.3, 0.4) is 0 Å². The molecule has 1 aromatic carbocycles. The summed E-state index contributed by atoms with van der Waals surface area (Å²) in [6.07, 6.45) is -0.442. The van der Waals surface area contributed by atoms with Crippen molar-refractivity contribution in [3.05, 3.63) is 54.0 Å². The van der Waals surface area contributed by atoms with Crippen LogP contribution >= 0.6 is 0 Å². The van der Waals surface area contributed by atoms with E-state index < -0.39 is 17.8 Å². The van der Waals surface area contributed by atoms with Crippen molar-refractivity contribution >= 4 is 5.91 Å². The Morgan fingerprint density at radius 2 is 2.00 bits per heavy atom. The zero-order chi connectivity index (χ0) is 18.6. The second kappa shape index (κ2) is 7.69. The van der Waals surface area contributed by atoms with E-state index in [-0.39, 0.29) is 24.6 Å². The molecule has 0 N–H and O–H groups in total. The molecule has 1 aliphatic rings. The van der Waals surface area contributed by atoms with E-state index in [0.717, 1.165) is 12.1 Å². The van der Waals surface area contributed by atoms with Gasteiger partial charge in [0.1, 0.15) is 6.10 Å². The van der Waals surface area contributed by atoms with Crippen molar-refractivity contribution in [3.63, 3.8) is 0 Å². The molecule has 1 fully saturated rings. The Kier molecular flexibility index (Phi) is 5.36. The van der Waals surface area contributed by atoms with Gasteiger partial charge >= 0.3 is 6.18 Å². The number of hydrogen-bond acceptors (Lipinski definition) is 5. The Labute approximate surface area is 147 Å². The van der Waals surface area contributed by atoms with Crippen molar-refractivity contribution in [2.45, 2.75) is 12.3 Å². The summed E-state index contributed by atoms with van der Waals surface area (Å²) < 4.78 is 49.1. The van der Waals surface area contributed by atoms with Crippen LogP contribution < -0.4 is 4.74 Å². The highest BCUT2D eigenvalue weighted by molar-refractivity contribution is 5.94. The first kappa shape index (κ1) is 18.1. The van der Waals surface area contributed by atoms with Crippen molar-refractivity contribution in [3.8, 4) is 5.88 Å². The molecule has 0 radical (unpaired) electrons. The Morgan fingerprint density at radius 3 is 2.65 bits per heavy atom. The predicted molar refractivity (Wildman–Crippen MR) is 84.6 cm³/mol. The van der Waals surface area contributed by atoms with Crippen LogP contribution in [-0.4, -0.2) is 53.2 Å². The molecule has 2 heterocycles. The summed E-state index contributed by atoms with van der Waals surface area (Å²) in [5.41, 5.74) is -0.615. The zero-order valence-electron chi connectivity index (χ0n) is 13.6. The van der Waals surface area contributed by atoms with Crippen molar-refractivity contribution < 1.29 is 27.4 Å². The summed E-state index contributed by atoms with van der Waals surface area (Å²) >= 11 is 0. The monoisotopic (exact) mass is 367 g/mol. The Hall–Kier alpha value is -2.68. The number of alkyl halides is 3.